The summed E-state index contributed by atoms with van der Waals surface area (Å²) >= 11 is 0. The van der Waals surface area contributed by atoms with E-state index in [9.17, 15) is 4.79 Å². The number of carbonyl (C=O) groups is 1. The first-order valence-corrected chi connectivity index (χ1v) is 11.6. The molecule has 2 fully saturated rings. The van der Waals surface area contributed by atoms with Crippen LogP contribution in [0.15, 0.2) is 77.1 Å². The maximum atomic E-state index is 12.6. The average molecular weight is 460 g/mol. The lowest BCUT2D eigenvalue weighted by Crippen LogP contribution is -2.36. The molecule has 2 heterocycles. The maximum absolute atomic E-state index is 12.6. The van der Waals surface area contributed by atoms with Crippen molar-refractivity contribution < 1.29 is 14.3 Å². The van der Waals surface area contributed by atoms with Crippen molar-refractivity contribution in [1.82, 2.24) is 0 Å². The number of ether oxygens (including phenoxy) is 2. The van der Waals surface area contributed by atoms with Crippen molar-refractivity contribution in [3.8, 4) is 0 Å². The van der Waals surface area contributed by atoms with Crippen molar-refractivity contribution in [2.45, 2.75) is 0 Å². The van der Waals surface area contributed by atoms with E-state index in [1.807, 2.05) is 24.3 Å². The number of rotatable bonds is 5. The zero-order chi connectivity index (χ0) is 23.3. The Kier molecular flexibility index (Phi) is 6.60. The predicted molar refractivity (Wildman–Crippen MR) is 135 cm³/mol. The fraction of sp³-hybridized carbons (Fsp3) is 0.308. The number of nitrogens with two attached hydrogens (primary N) is 1. The molecule has 2 aromatic rings. The van der Waals surface area contributed by atoms with E-state index in [-0.39, 0.29) is 5.78 Å². The number of hydrogen-bond acceptors (Lipinski definition) is 8. The molecule has 0 atom stereocenters. The first kappa shape index (κ1) is 22.2. The Balaban J connectivity index is 1.30. The van der Waals surface area contributed by atoms with Crippen LogP contribution in [-0.4, -0.2) is 64.1 Å². The number of morpholine rings is 2. The number of nitrogens with one attached hydrogen (secondary N) is 1. The third-order valence-corrected chi connectivity index (χ3v) is 6.13. The minimum absolute atomic E-state index is 0.170. The first-order valence-electron chi connectivity index (χ1n) is 11.6. The Bertz CT molecular complexity index is 1110. The Hall–Kier alpha value is -3.62. The van der Waals surface area contributed by atoms with Crippen molar-refractivity contribution in [1.29, 1.82) is 0 Å². The second-order valence-electron chi connectivity index (χ2n) is 8.41. The molecule has 0 aromatic heterocycles. The van der Waals surface area contributed by atoms with E-state index >= 15 is 0 Å². The minimum atomic E-state index is -0.170. The molecule has 1 aliphatic carbocycles. The van der Waals surface area contributed by atoms with Gasteiger partial charge in [-0.3, -0.25) is 4.79 Å². The van der Waals surface area contributed by atoms with Gasteiger partial charge in [-0.25, -0.2) is 4.99 Å². The zero-order valence-electron chi connectivity index (χ0n) is 19.1. The largest absolute Gasteiger partial charge is 0.397 e. The number of benzene rings is 2. The van der Waals surface area contributed by atoms with Gasteiger partial charge in [-0.15, -0.1) is 0 Å². The highest BCUT2D eigenvalue weighted by Crippen LogP contribution is 2.24. The number of hydrogen-bond donors (Lipinski definition) is 2. The standard InChI is InChI=1S/C26H29N5O3/c27-23-17-26(32)25(29-20-3-7-22(8-4-20)31-11-15-34-16-12-31)18-24(23)28-19-1-5-21(6-2-19)30-9-13-33-14-10-30/h1-8,17-18,29H,9-16,27H2. The van der Waals surface area contributed by atoms with Crippen LogP contribution in [0.2, 0.25) is 0 Å². The van der Waals surface area contributed by atoms with Gasteiger partial charge in [0, 0.05) is 49.3 Å². The van der Waals surface area contributed by atoms with Crippen LogP contribution in [0.5, 0.6) is 0 Å². The van der Waals surface area contributed by atoms with Crippen molar-refractivity contribution in [3.63, 3.8) is 0 Å². The summed E-state index contributed by atoms with van der Waals surface area (Å²) in [5.41, 5.74) is 11.4. The molecule has 34 heavy (non-hydrogen) atoms. The topological polar surface area (TPSA) is 92.4 Å². The Labute approximate surface area is 199 Å². The molecule has 5 rings (SSSR count). The molecule has 2 saturated heterocycles. The molecule has 0 amide bonds. The molecule has 0 unspecified atom stereocenters. The molecule has 0 saturated carbocycles. The molecule has 8 nitrogen and oxygen atoms in total. The van der Waals surface area contributed by atoms with E-state index in [0.717, 1.165) is 75.4 Å². The number of allylic oxidation sites excluding steroid dienone is 2. The van der Waals surface area contributed by atoms with Crippen LogP contribution in [0.4, 0.5) is 22.7 Å². The van der Waals surface area contributed by atoms with Crippen molar-refractivity contribution in [2.75, 3.05) is 67.7 Å². The molecule has 2 aromatic carbocycles. The van der Waals surface area contributed by atoms with Crippen LogP contribution in [0.25, 0.3) is 0 Å². The highest BCUT2D eigenvalue weighted by atomic mass is 16.5. The Morgan fingerprint density at radius 3 is 1.85 bits per heavy atom. The molecule has 3 N–H and O–H groups in total. The lowest BCUT2D eigenvalue weighted by atomic mass is 10.1. The Morgan fingerprint density at radius 2 is 1.29 bits per heavy atom. The van der Waals surface area contributed by atoms with Gasteiger partial charge in [0.05, 0.1) is 49.2 Å². The molecule has 0 spiro atoms. The second-order valence-corrected chi connectivity index (χ2v) is 8.41. The minimum Gasteiger partial charge on any atom is -0.397 e. The van der Waals surface area contributed by atoms with Crippen LogP contribution in [0, 0.1) is 0 Å². The van der Waals surface area contributed by atoms with E-state index in [4.69, 9.17) is 15.2 Å². The van der Waals surface area contributed by atoms with Crippen LogP contribution >= 0.6 is 0 Å². The first-order chi connectivity index (χ1) is 16.7. The lowest BCUT2D eigenvalue weighted by Gasteiger charge is -2.29. The summed E-state index contributed by atoms with van der Waals surface area (Å²) in [7, 11) is 0. The van der Waals surface area contributed by atoms with Crippen molar-refractivity contribution in [3.05, 3.63) is 72.1 Å². The maximum Gasteiger partial charge on any atom is 0.204 e. The quantitative estimate of drug-likeness (QED) is 0.664. The van der Waals surface area contributed by atoms with Gasteiger partial charge in [-0.2, -0.15) is 0 Å². The van der Waals surface area contributed by atoms with Gasteiger partial charge in [0.25, 0.3) is 0 Å². The number of aliphatic imine (C=N–C) groups is 1. The number of nitrogens with zero attached hydrogens (tertiary/aromatic N) is 3. The zero-order valence-corrected chi connectivity index (χ0v) is 19.1. The number of anilines is 3. The van der Waals surface area contributed by atoms with Gasteiger partial charge in [0.2, 0.25) is 5.78 Å². The third-order valence-electron chi connectivity index (χ3n) is 6.13. The van der Waals surface area contributed by atoms with E-state index in [1.54, 1.807) is 6.08 Å². The molecule has 176 valence electrons. The van der Waals surface area contributed by atoms with Crippen molar-refractivity contribution >= 4 is 34.2 Å². The number of carbonyl (C=O) groups excluding carboxylic acids is 1. The van der Waals surface area contributed by atoms with E-state index < -0.39 is 0 Å². The molecule has 8 heteroatoms. The van der Waals surface area contributed by atoms with Crippen LogP contribution in [0.1, 0.15) is 0 Å². The summed E-state index contributed by atoms with van der Waals surface area (Å²) in [5, 5.41) is 3.22. The predicted octanol–water partition coefficient (Wildman–Crippen LogP) is 2.85. The van der Waals surface area contributed by atoms with Crippen LogP contribution < -0.4 is 20.9 Å². The van der Waals surface area contributed by atoms with Gasteiger partial charge in [0.15, 0.2) is 0 Å². The molecule has 3 aliphatic rings. The normalized spacial score (nSPS) is 20.2. The third kappa shape index (κ3) is 5.13. The second kappa shape index (κ2) is 10.1. The highest BCUT2D eigenvalue weighted by Gasteiger charge is 2.18. The van der Waals surface area contributed by atoms with Crippen LogP contribution in [-0.2, 0) is 14.3 Å². The van der Waals surface area contributed by atoms with Gasteiger partial charge >= 0.3 is 0 Å². The average Bonchev–Trinajstić information content (AvgIpc) is 2.89. The smallest absolute Gasteiger partial charge is 0.204 e. The summed E-state index contributed by atoms with van der Waals surface area (Å²) in [4.78, 5) is 21.8. The molecule has 2 aliphatic heterocycles. The van der Waals surface area contributed by atoms with Crippen molar-refractivity contribution in [2.24, 2.45) is 10.7 Å². The van der Waals surface area contributed by atoms with Crippen LogP contribution in [0.3, 0.4) is 0 Å². The van der Waals surface area contributed by atoms with E-state index in [2.05, 4.69) is 44.4 Å². The summed E-state index contributed by atoms with van der Waals surface area (Å²) < 4.78 is 10.8. The fourth-order valence-electron chi connectivity index (χ4n) is 4.21. The van der Waals surface area contributed by atoms with Gasteiger partial charge < -0.3 is 30.3 Å². The van der Waals surface area contributed by atoms with Gasteiger partial charge in [-0.05, 0) is 54.6 Å². The van der Waals surface area contributed by atoms with Gasteiger partial charge in [0.1, 0.15) is 0 Å². The molecular weight excluding hydrogens is 430 g/mol. The Morgan fingerprint density at radius 1 is 0.765 bits per heavy atom. The summed E-state index contributed by atoms with van der Waals surface area (Å²) in [6, 6.07) is 16.1. The van der Waals surface area contributed by atoms with E-state index in [1.165, 1.54) is 6.08 Å². The highest BCUT2D eigenvalue weighted by molar-refractivity contribution is 6.23. The number of ketones is 1. The molecular formula is C26H29N5O3. The summed E-state index contributed by atoms with van der Waals surface area (Å²) in [6.45, 7) is 6.52. The SMILES string of the molecule is NC1=CC(=O)C(Nc2ccc(N3CCOCC3)cc2)=CC1=Nc1ccc(N2CCOCC2)cc1. The summed E-state index contributed by atoms with van der Waals surface area (Å²) in [6.07, 6.45) is 3.13. The molecule has 0 bridgehead atoms. The molecule has 0 radical (unpaired) electrons. The summed E-state index contributed by atoms with van der Waals surface area (Å²) in [5.74, 6) is -0.170. The fourth-order valence-corrected chi connectivity index (χ4v) is 4.21. The lowest BCUT2D eigenvalue weighted by molar-refractivity contribution is -0.111. The van der Waals surface area contributed by atoms with Gasteiger partial charge in [-0.1, -0.05) is 0 Å². The monoisotopic (exact) mass is 459 g/mol. The van der Waals surface area contributed by atoms with E-state index in [0.29, 0.717) is 17.1 Å².